The standard InChI is InChI=1S/C3H7O6P.Ca.2H/c1-2(4)3(5)9-10(6,7)8;;;/h2,4H,1H3,(H2,6,7,8);;;. The van der Waals surface area contributed by atoms with Gasteiger partial charge in [-0.25, -0.2) is 9.36 Å². The maximum atomic E-state index is 10.2. The van der Waals surface area contributed by atoms with Crippen molar-refractivity contribution < 1.29 is 28.8 Å². The molecule has 0 spiro atoms. The van der Waals surface area contributed by atoms with Crippen LogP contribution in [-0.4, -0.2) is 64.7 Å². The van der Waals surface area contributed by atoms with Gasteiger partial charge in [0.2, 0.25) is 0 Å². The molecule has 3 N–H and O–H groups in total. The first kappa shape index (κ1) is 14.4. The van der Waals surface area contributed by atoms with Crippen molar-refractivity contribution in [2.75, 3.05) is 0 Å². The van der Waals surface area contributed by atoms with Crippen LogP contribution in [0.1, 0.15) is 6.92 Å². The predicted octanol–water partition coefficient (Wildman–Crippen LogP) is -1.91. The third kappa shape index (κ3) is 8.75. The first-order valence-corrected chi connectivity index (χ1v) is 3.83. The molecule has 0 saturated heterocycles. The number of phosphoric ester groups is 1. The zero-order valence-electron chi connectivity index (χ0n) is 5.09. The summed E-state index contributed by atoms with van der Waals surface area (Å²) in [5, 5.41) is 8.37. The number of carbonyl (C=O) groups is 1. The molecular formula is C3H9CaO6P. The van der Waals surface area contributed by atoms with Crippen LogP contribution in [0.2, 0.25) is 0 Å². The molecule has 0 aromatic carbocycles. The Hall–Kier alpha value is 0.840. The Morgan fingerprint density at radius 3 is 2.00 bits per heavy atom. The molecule has 0 aromatic rings. The van der Waals surface area contributed by atoms with E-state index in [1.165, 1.54) is 0 Å². The molecule has 0 aliphatic carbocycles. The van der Waals surface area contributed by atoms with Gasteiger partial charge >= 0.3 is 51.5 Å². The van der Waals surface area contributed by atoms with Crippen LogP contribution < -0.4 is 0 Å². The van der Waals surface area contributed by atoms with Gasteiger partial charge in [-0.05, 0) is 6.92 Å². The van der Waals surface area contributed by atoms with Crippen LogP contribution in [0.15, 0.2) is 0 Å². The van der Waals surface area contributed by atoms with Gasteiger partial charge in [0.05, 0.1) is 0 Å². The normalized spacial score (nSPS) is 13.1. The molecular weight excluding hydrogens is 203 g/mol. The number of aliphatic hydroxyl groups is 1. The third-order valence-electron chi connectivity index (χ3n) is 0.550. The van der Waals surface area contributed by atoms with E-state index in [1.54, 1.807) is 0 Å². The third-order valence-corrected chi connectivity index (χ3v) is 0.968. The summed E-state index contributed by atoms with van der Waals surface area (Å²) in [5.74, 6) is -1.34. The van der Waals surface area contributed by atoms with Gasteiger partial charge in [-0.1, -0.05) is 0 Å². The Morgan fingerprint density at radius 2 is 1.91 bits per heavy atom. The summed E-state index contributed by atoms with van der Waals surface area (Å²) in [4.78, 5) is 26.2. The first-order chi connectivity index (χ1) is 4.33. The van der Waals surface area contributed by atoms with Gasteiger partial charge < -0.3 is 9.63 Å². The van der Waals surface area contributed by atoms with Crippen molar-refractivity contribution in [2.24, 2.45) is 0 Å². The molecule has 11 heavy (non-hydrogen) atoms. The molecule has 6 nitrogen and oxygen atoms in total. The second-order valence-electron chi connectivity index (χ2n) is 1.58. The number of hydrogen-bond acceptors (Lipinski definition) is 4. The van der Waals surface area contributed by atoms with Crippen LogP contribution in [0.4, 0.5) is 0 Å². The van der Waals surface area contributed by atoms with E-state index in [2.05, 4.69) is 4.52 Å². The number of carbonyl (C=O) groups excluding carboxylic acids is 1. The monoisotopic (exact) mass is 212 g/mol. The van der Waals surface area contributed by atoms with Gasteiger partial charge in [0.1, 0.15) is 6.10 Å². The minimum absolute atomic E-state index is 0. The summed E-state index contributed by atoms with van der Waals surface area (Å²) in [6, 6.07) is 0. The van der Waals surface area contributed by atoms with E-state index in [9.17, 15) is 9.36 Å². The summed E-state index contributed by atoms with van der Waals surface area (Å²) in [5.41, 5.74) is 0. The van der Waals surface area contributed by atoms with Gasteiger partial charge in [-0.3, -0.25) is 9.79 Å². The second kappa shape index (κ2) is 5.48. The van der Waals surface area contributed by atoms with Crippen LogP contribution in [0.25, 0.3) is 0 Å². The van der Waals surface area contributed by atoms with E-state index < -0.39 is 19.9 Å². The molecule has 0 saturated carbocycles. The van der Waals surface area contributed by atoms with Gasteiger partial charge in [-0.2, -0.15) is 0 Å². The van der Waals surface area contributed by atoms with Gasteiger partial charge in [0.25, 0.3) is 0 Å². The fourth-order valence-corrected chi connectivity index (χ4v) is 0.580. The molecule has 0 aliphatic rings. The Kier molecular flexibility index (Phi) is 7.16. The second-order valence-corrected chi connectivity index (χ2v) is 2.74. The van der Waals surface area contributed by atoms with E-state index in [0.29, 0.717) is 0 Å². The fourth-order valence-electron chi connectivity index (χ4n) is 0.193. The predicted molar refractivity (Wildman–Crippen MR) is 38.4 cm³/mol. The van der Waals surface area contributed by atoms with Gasteiger partial charge in [0.15, 0.2) is 0 Å². The molecule has 0 aliphatic heterocycles. The Morgan fingerprint density at radius 1 is 1.55 bits per heavy atom. The fraction of sp³-hybridized carbons (Fsp3) is 0.667. The maximum absolute atomic E-state index is 10.2. The van der Waals surface area contributed by atoms with Gasteiger partial charge in [-0.15, -0.1) is 0 Å². The zero-order valence-corrected chi connectivity index (χ0v) is 5.99. The van der Waals surface area contributed by atoms with Crippen LogP contribution in [0.5, 0.6) is 0 Å². The molecule has 0 heterocycles. The molecule has 1 unspecified atom stereocenters. The molecule has 0 amide bonds. The summed E-state index contributed by atoms with van der Waals surface area (Å²) in [6.45, 7) is 1.04. The number of phosphoric acid groups is 1. The molecule has 0 aromatic heterocycles. The Bertz CT molecular complexity index is 173. The topological polar surface area (TPSA) is 104 Å². The Labute approximate surface area is 92.8 Å². The molecule has 0 bridgehead atoms. The summed E-state index contributed by atoms with van der Waals surface area (Å²) >= 11 is 0. The summed E-state index contributed by atoms with van der Waals surface area (Å²) in [6.07, 6.45) is -1.52. The summed E-state index contributed by atoms with van der Waals surface area (Å²) in [7, 11) is -4.79. The number of aliphatic hydroxyl groups excluding tert-OH is 1. The number of rotatable bonds is 2. The van der Waals surface area contributed by atoms with Crippen molar-refractivity contribution in [3.63, 3.8) is 0 Å². The molecule has 8 heteroatoms. The van der Waals surface area contributed by atoms with Crippen LogP contribution in [0, 0.1) is 0 Å². The van der Waals surface area contributed by atoms with E-state index in [4.69, 9.17) is 14.9 Å². The van der Waals surface area contributed by atoms with Crippen molar-refractivity contribution in [3.05, 3.63) is 0 Å². The van der Waals surface area contributed by atoms with Crippen molar-refractivity contribution >= 4 is 51.5 Å². The van der Waals surface area contributed by atoms with Crippen LogP contribution in [0.3, 0.4) is 0 Å². The van der Waals surface area contributed by atoms with E-state index >= 15 is 0 Å². The average Bonchev–Trinajstić information content (AvgIpc) is 1.60. The molecule has 64 valence electrons. The first-order valence-electron chi connectivity index (χ1n) is 2.30. The zero-order chi connectivity index (χ0) is 8.36. The molecule has 0 fully saturated rings. The SMILES string of the molecule is CC(O)C(=O)OP(=O)(O)O.[CaH2]. The Balaban J connectivity index is 0. The van der Waals surface area contributed by atoms with Crippen molar-refractivity contribution in [2.45, 2.75) is 13.0 Å². The molecule has 1 atom stereocenters. The van der Waals surface area contributed by atoms with Crippen LogP contribution >= 0.6 is 7.82 Å². The van der Waals surface area contributed by atoms with Crippen molar-refractivity contribution in [1.29, 1.82) is 0 Å². The summed E-state index contributed by atoms with van der Waals surface area (Å²) < 4.78 is 13.4. The molecule has 0 rings (SSSR count). The van der Waals surface area contributed by atoms with Crippen molar-refractivity contribution in [1.82, 2.24) is 0 Å². The van der Waals surface area contributed by atoms with E-state index in [1.807, 2.05) is 0 Å². The van der Waals surface area contributed by atoms with Gasteiger partial charge in [0, 0.05) is 0 Å². The molecule has 0 radical (unpaired) electrons. The van der Waals surface area contributed by atoms with Crippen LogP contribution in [-0.2, 0) is 13.9 Å². The van der Waals surface area contributed by atoms with E-state index in [-0.39, 0.29) is 37.7 Å². The average molecular weight is 212 g/mol. The number of hydrogen-bond donors (Lipinski definition) is 3. The minimum atomic E-state index is -4.79. The quantitative estimate of drug-likeness (QED) is 0.364. The van der Waals surface area contributed by atoms with Crippen molar-refractivity contribution in [3.8, 4) is 0 Å². The van der Waals surface area contributed by atoms with E-state index in [0.717, 1.165) is 6.92 Å².